The van der Waals surface area contributed by atoms with Crippen molar-refractivity contribution in [3.05, 3.63) is 65.0 Å². The Morgan fingerprint density at radius 2 is 1.90 bits per heavy atom. The summed E-state index contributed by atoms with van der Waals surface area (Å²) < 4.78 is 18.7. The number of ether oxygens (including phenoxy) is 1. The summed E-state index contributed by atoms with van der Waals surface area (Å²) in [7, 11) is 1.42. The number of hydrogen-bond donors (Lipinski definition) is 1. The van der Waals surface area contributed by atoms with Crippen molar-refractivity contribution in [1.29, 1.82) is 0 Å². The largest absolute Gasteiger partial charge is 0.496 e. The van der Waals surface area contributed by atoms with E-state index in [4.69, 9.17) is 10.5 Å². The van der Waals surface area contributed by atoms with Crippen molar-refractivity contribution < 1.29 is 18.7 Å². The lowest BCUT2D eigenvalue weighted by molar-refractivity contribution is 0.0989. The minimum absolute atomic E-state index is 0.120. The Hall–Kier alpha value is -2.69. The van der Waals surface area contributed by atoms with Crippen molar-refractivity contribution >= 4 is 11.7 Å². The number of Topliss-reactive ketones (excluding diaryl/α,β-unsaturated/α-hetero) is 1. The molecule has 0 radical (unpaired) electrons. The zero-order valence-corrected chi connectivity index (χ0v) is 11.4. The van der Waals surface area contributed by atoms with E-state index in [-0.39, 0.29) is 28.9 Å². The summed E-state index contributed by atoms with van der Waals surface area (Å²) in [6.45, 7) is 0. The molecule has 0 heterocycles. The highest BCUT2D eigenvalue weighted by Gasteiger charge is 2.16. The Kier molecular flexibility index (Phi) is 4.33. The van der Waals surface area contributed by atoms with Gasteiger partial charge in [-0.25, -0.2) is 4.39 Å². The van der Waals surface area contributed by atoms with E-state index in [0.29, 0.717) is 5.75 Å². The number of hydrogen-bond acceptors (Lipinski definition) is 3. The van der Waals surface area contributed by atoms with Crippen LogP contribution in [0.15, 0.2) is 42.5 Å². The Morgan fingerprint density at radius 1 is 1.19 bits per heavy atom. The molecule has 108 valence electrons. The molecule has 4 nitrogen and oxygen atoms in total. The van der Waals surface area contributed by atoms with E-state index in [0.717, 1.165) is 0 Å². The first kappa shape index (κ1) is 14.7. The summed E-state index contributed by atoms with van der Waals surface area (Å²) in [4.78, 5) is 23.5. The third-order valence-corrected chi connectivity index (χ3v) is 3.09. The number of amides is 1. The van der Waals surface area contributed by atoms with Gasteiger partial charge in [0, 0.05) is 12.0 Å². The Bertz CT molecular complexity index is 698. The van der Waals surface area contributed by atoms with Crippen molar-refractivity contribution in [2.75, 3.05) is 7.11 Å². The van der Waals surface area contributed by atoms with Gasteiger partial charge in [0.15, 0.2) is 5.78 Å². The summed E-state index contributed by atoms with van der Waals surface area (Å²) in [6, 6.07) is 10.4. The average molecular weight is 287 g/mol. The van der Waals surface area contributed by atoms with Gasteiger partial charge in [0.25, 0.3) is 0 Å². The molecular weight excluding hydrogens is 273 g/mol. The number of methoxy groups -OCH3 is 1. The zero-order chi connectivity index (χ0) is 15.4. The van der Waals surface area contributed by atoms with E-state index in [1.165, 1.54) is 37.4 Å². The number of halogens is 1. The van der Waals surface area contributed by atoms with E-state index in [9.17, 15) is 14.0 Å². The smallest absolute Gasteiger partial charge is 0.248 e. The van der Waals surface area contributed by atoms with E-state index >= 15 is 0 Å². The van der Waals surface area contributed by atoms with Crippen LogP contribution in [0.4, 0.5) is 4.39 Å². The molecule has 0 saturated heterocycles. The van der Waals surface area contributed by atoms with Gasteiger partial charge in [-0.3, -0.25) is 9.59 Å². The maximum atomic E-state index is 13.6. The number of carbonyl (C=O) groups is 2. The Morgan fingerprint density at radius 3 is 2.52 bits per heavy atom. The molecule has 0 saturated carbocycles. The summed E-state index contributed by atoms with van der Waals surface area (Å²) >= 11 is 0. The van der Waals surface area contributed by atoms with Gasteiger partial charge in [-0.05, 0) is 29.8 Å². The van der Waals surface area contributed by atoms with Gasteiger partial charge in [-0.1, -0.05) is 18.2 Å². The van der Waals surface area contributed by atoms with Crippen molar-refractivity contribution in [1.82, 2.24) is 0 Å². The molecule has 0 aliphatic heterocycles. The number of benzene rings is 2. The highest BCUT2D eigenvalue weighted by Crippen LogP contribution is 2.22. The van der Waals surface area contributed by atoms with Gasteiger partial charge < -0.3 is 10.5 Å². The predicted molar refractivity (Wildman–Crippen MR) is 75.9 cm³/mol. The average Bonchev–Trinajstić information content (AvgIpc) is 2.48. The van der Waals surface area contributed by atoms with Crippen molar-refractivity contribution in [2.45, 2.75) is 6.42 Å². The monoisotopic (exact) mass is 287 g/mol. The predicted octanol–water partition coefficient (Wildman–Crippen LogP) is 2.36. The molecule has 5 heteroatoms. The van der Waals surface area contributed by atoms with Gasteiger partial charge in [-0.2, -0.15) is 0 Å². The molecule has 0 atom stereocenters. The standard InChI is InChI=1S/C16H14FNO3/c1-21-15-7-6-11(16(18)20)8-12(15)14(19)9-10-4-2-3-5-13(10)17/h2-8H,9H2,1H3,(H2,18,20). The van der Waals surface area contributed by atoms with Gasteiger partial charge in [0.2, 0.25) is 5.91 Å². The normalized spacial score (nSPS) is 10.2. The fourth-order valence-corrected chi connectivity index (χ4v) is 1.99. The van der Waals surface area contributed by atoms with Gasteiger partial charge in [0.1, 0.15) is 11.6 Å². The lowest BCUT2D eigenvalue weighted by Crippen LogP contribution is -2.13. The Balaban J connectivity index is 2.36. The molecule has 1 amide bonds. The van der Waals surface area contributed by atoms with E-state index in [1.54, 1.807) is 12.1 Å². The fraction of sp³-hybridized carbons (Fsp3) is 0.125. The number of primary amides is 1. The lowest BCUT2D eigenvalue weighted by atomic mass is 9.99. The number of ketones is 1. The summed E-state index contributed by atoms with van der Waals surface area (Å²) in [5, 5.41) is 0. The van der Waals surface area contributed by atoms with Gasteiger partial charge in [-0.15, -0.1) is 0 Å². The SMILES string of the molecule is COc1ccc(C(N)=O)cc1C(=O)Cc1ccccc1F. The second kappa shape index (κ2) is 6.17. The quantitative estimate of drug-likeness (QED) is 0.858. The number of nitrogens with two attached hydrogens (primary N) is 1. The van der Waals surface area contributed by atoms with E-state index in [2.05, 4.69) is 0 Å². The van der Waals surface area contributed by atoms with Crippen LogP contribution < -0.4 is 10.5 Å². The maximum Gasteiger partial charge on any atom is 0.248 e. The summed E-state index contributed by atoms with van der Waals surface area (Å²) in [6.07, 6.45) is -0.120. The first-order valence-corrected chi connectivity index (χ1v) is 6.27. The van der Waals surface area contributed by atoms with E-state index < -0.39 is 11.7 Å². The molecule has 0 unspecified atom stereocenters. The number of carbonyl (C=O) groups excluding carboxylic acids is 2. The van der Waals surface area contributed by atoms with Crippen LogP contribution in [0, 0.1) is 5.82 Å². The second-order valence-corrected chi connectivity index (χ2v) is 4.47. The van der Waals surface area contributed by atoms with Crippen LogP contribution in [-0.4, -0.2) is 18.8 Å². The highest BCUT2D eigenvalue weighted by atomic mass is 19.1. The van der Waals surface area contributed by atoms with Crippen molar-refractivity contribution in [3.63, 3.8) is 0 Å². The molecule has 0 aromatic heterocycles. The summed E-state index contributed by atoms with van der Waals surface area (Å²) in [5.41, 5.74) is 5.89. The third kappa shape index (κ3) is 3.25. The third-order valence-electron chi connectivity index (χ3n) is 3.09. The molecule has 21 heavy (non-hydrogen) atoms. The molecule has 2 aromatic carbocycles. The minimum atomic E-state index is -0.641. The van der Waals surface area contributed by atoms with Gasteiger partial charge in [0.05, 0.1) is 12.7 Å². The molecule has 2 rings (SSSR count). The number of rotatable bonds is 5. The van der Waals surface area contributed by atoms with Crippen LogP contribution in [0.2, 0.25) is 0 Å². The fourth-order valence-electron chi connectivity index (χ4n) is 1.99. The molecule has 0 aliphatic rings. The lowest BCUT2D eigenvalue weighted by Gasteiger charge is -2.09. The topological polar surface area (TPSA) is 69.4 Å². The van der Waals surface area contributed by atoms with Crippen molar-refractivity contribution in [2.24, 2.45) is 5.73 Å². The maximum absolute atomic E-state index is 13.6. The van der Waals surface area contributed by atoms with Crippen LogP contribution in [0.1, 0.15) is 26.3 Å². The molecule has 0 aliphatic carbocycles. The molecule has 0 fully saturated rings. The molecular formula is C16H14FNO3. The van der Waals surface area contributed by atoms with Crippen LogP contribution in [0.3, 0.4) is 0 Å². The van der Waals surface area contributed by atoms with Crippen molar-refractivity contribution in [3.8, 4) is 5.75 Å². The summed E-state index contributed by atoms with van der Waals surface area (Å²) in [5.74, 6) is -1.12. The van der Waals surface area contributed by atoms with Crippen LogP contribution in [-0.2, 0) is 6.42 Å². The van der Waals surface area contributed by atoms with E-state index in [1.807, 2.05) is 0 Å². The highest BCUT2D eigenvalue weighted by molar-refractivity contribution is 6.03. The van der Waals surface area contributed by atoms with Crippen LogP contribution in [0.5, 0.6) is 5.75 Å². The van der Waals surface area contributed by atoms with Crippen LogP contribution in [0.25, 0.3) is 0 Å². The Labute approximate surface area is 121 Å². The second-order valence-electron chi connectivity index (χ2n) is 4.47. The first-order valence-electron chi connectivity index (χ1n) is 6.27. The molecule has 2 N–H and O–H groups in total. The van der Waals surface area contributed by atoms with Gasteiger partial charge >= 0.3 is 0 Å². The zero-order valence-electron chi connectivity index (χ0n) is 11.4. The molecule has 2 aromatic rings. The molecule has 0 bridgehead atoms. The first-order chi connectivity index (χ1) is 10.0. The minimum Gasteiger partial charge on any atom is -0.496 e. The molecule has 0 spiro atoms. The van der Waals surface area contributed by atoms with Crippen LogP contribution >= 0.6 is 0 Å².